The maximum absolute atomic E-state index is 13.0. The van der Waals surface area contributed by atoms with Crippen molar-refractivity contribution in [2.45, 2.75) is 255 Å². The standard InChI is InChI=1S/C51H90O15/c1-3-5-7-9-11-13-15-17-19-21-23-25-27-29-31-33-42(53)61-36-39(64-43(54)34-32-30-28-26-24-22-20-18-16-14-12-10-8-6-4-2)37-62-50-49(60)47(58)45(56)41(66-50)38-63-51-48(59)46(57)44(55)40(35-52)65-51/h16,20,27,29,39-41,44-52,55-60H,3-15,17,19,21-26,28,30-38H2,1-2H3/b29-27+/t18?,39-,40-,41-,44+,45+,46?,47?,48?,49?,50-,51-/m1/s1. The zero-order valence-electron chi connectivity index (χ0n) is 40.5. The predicted molar refractivity (Wildman–Crippen MR) is 251 cm³/mol. The third-order valence-corrected chi connectivity index (χ3v) is 12.2. The molecule has 11 atom stereocenters. The summed E-state index contributed by atoms with van der Waals surface area (Å²) in [5.74, 6) is -1.000. The summed E-state index contributed by atoms with van der Waals surface area (Å²) in [6.07, 6.45) is 20.0. The van der Waals surface area contributed by atoms with Gasteiger partial charge in [0.05, 0.1) is 19.8 Å². The van der Waals surface area contributed by atoms with Crippen molar-refractivity contribution in [2.75, 3.05) is 26.4 Å². The number of hydrogen-bond donors (Lipinski definition) is 7. The summed E-state index contributed by atoms with van der Waals surface area (Å²) in [5.41, 5.74) is 3.28. The van der Waals surface area contributed by atoms with Gasteiger partial charge >= 0.3 is 11.9 Å². The minimum atomic E-state index is -1.77. The molecule has 0 aromatic heterocycles. The van der Waals surface area contributed by atoms with Crippen LogP contribution in [0.4, 0.5) is 0 Å². The van der Waals surface area contributed by atoms with E-state index in [4.69, 9.17) is 28.4 Å². The van der Waals surface area contributed by atoms with Crippen LogP contribution in [0.3, 0.4) is 0 Å². The van der Waals surface area contributed by atoms with E-state index < -0.39 is 99.3 Å². The minimum Gasteiger partial charge on any atom is -0.462 e. The predicted octanol–water partition coefficient (Wildman–Crippen LogP) is 6.92. The van der Waals surface area contributed by atoms with E-state index in [1.54, 1.807) is 0 Å². The third kappa shape index (κ3) is 26.5. The van der Waals surface area contributed by atoms with E-state index in [9.17, 15) is 45.3 Å². The third-order valence-electron chi connectivity index (χ3n) is 12.2. The number of rotatable bonds is 39. The van der Waals surface area contributed by atoms with Crippen LogP contribution in [-0.2, 0) is 38.0 Å². The molecule has 2 saturated heterocycles. The average molecular weight is 943 g/mol. The summed E-state index contributed by atoms with van der Waals surface area (Å²) < 4.78 is 33.5. The van der Waals surface area contributed by atoms with Crippen LogP contribution in [0.15, 0.2) is 30.0 Å². The molecule has 0 aliphatic carbocycles. The average Bonchev–Trinajstić information content (AvgIpc) is 3.31. The Kier molecular flexibility index (Phi) is 35.0. The first-order valence-corrected chi connectivity index (χ1v) is 25.7. The van der Waals surface area contributed by atoms with Crippen molar-refractivity contribution in [2.24, 2.45) is 0 Å². The molecule has 2 fully saturated rings. The van der Waals surface area contributed by atoms with Crippen LogP contribution >= 0.6 is 0 Å². The highest BCUT2D eigenvalue weighted by Gasteiger charge is 2.47. The van der Waals surface area contributed by atoms with Gasteiger partial charge in [-0.05, 0) is 63.5 Å². The quantitative estimate of drug-likeness (QED) is 0.0144. The molecule has 0 saturated carbocycles. The molecule has 2 aliphatic heterocycles. The number of allylic oxidation sites excluding steroid dienone is 3. The molecule has 2 heterocycles. The molecule has 384 valence electrons. The number of hydrogen-bond acceptors (Lipinski definition) is 15. The number of unbranched alkanes of at least 4 members (excludes halogenated alkanes) is 21. The monoisotopic (exact) mass is 943 g/mol. The second kappa shape index (κ2) is 38.6. The van der Waals surface area contributed by atoms with Gasteiger partial charge in [0, 0.05) is 12.8 Å². The van der Waals surface area contributed by atoms with E-state index in [1.165, 1.54) is 96.3 Å². The van der Waals surface area contributed by atoms with Gasteiger partial charge in [0.1, 0.15) is 55.4 Å². The molecule has 7 N–H and O–H groups in total. The highest BCUT2D eigenvalue weighted by Crippen LogP contribution is 2.26. The van der Waals surface area contributed by atoms with E-state index in [2.05, 4.69) is 37.8 Å². The summed E-state index contributed by atoms with van der Waals surface area (Å²) >= 11 is 0. The van der Waals surface area contributed by atoms with Gasteiger partial charge in [0.2, 0.25) is 0 Å². The molecule has 2 aliphatic rings. The normalized spacial score (nSPS) is 26.0. The van der Waals surface area contributed by atoms with E-state index >= 15 is 0 Å². The number of ether oxygens (including phenoxy) is 6. The Morgan fingerprint density at radius 1 is 0.515 bits per heavy atom. The highest BCUT2D eigenvalue weighted by molar-refractivity contribution is 5.70. The van der Waals surface area contributed by atoms with E-state index in [-0.39, 0.29) is 19.4 Å². The molecule has 0 aromatic rings. The number of carbonyl (C=O) groups is 2. The van der Waals surface area contributed by atoms with Gasteiger partial charge in [-0.15, -0.1) is 5.73 Å². The Balaban J connectivity index is 1.84. The van der Waals surface area contributed by atoms with Crippen molar-refractivity contribution in [3.8, 4) is 0 Å². The smallest absolute Gasteiger partial charge is 0.306 e. The lowest BCUT2D eigenvalue weighted by Crippen LogP contribution is -2.61. The molecule has 0 radical (unpaired) electrons. The van der Waals surface area contributed by atoms with E-state index in [0.717, 1.165) is 51.4 Å². The van der Waals surface area contributed by atoms with Crippen molar-refractivity contribution in [1.29, 1.82) is 0 Å². The van der Waals surface area contributed by atoms with Crippen LogP contribution in [0, 0.1) is 0 Å². The topological polar surface area (TPSA) is 231 Å². The van der Waals surface area contributed by atoms with Crippen LogP contribution in [-0.4, -0.2) is 142 Å². The zero-order valence-corrected chi connectivity index (χ0v) is 40.5. The van der Waals surface area contributed by atoms with Gasteiger partial charge in [-0.1, -0.05) is 135 Å². The summed E-state index contributed by atoms with van der Waals surface area (Å²) in [5, 5.41) is 72.0. The first-order valence-electron chi connectivity index (χ1n) is 25.7. The van der Waals surface area contributed by atoms with Gasteiger partial charge in [-0.3, -0.25) is 9.59 Å². The van der Waals surface area contributed by atoms with Crippen molar-refractivity contribution < 1.29 is 73.8 Å². The molecule has 4 unspecified atom stereocenters. The van der Waals surface area contributed by atoms with Crippen molar-refractivity contribution >= 4 is 11.9 Å². The molecule has 0 bridgehead atoms. The van der Waals surface area contributed by atoms with Crippen LogP contribution in [0.25, 0.3) is 0 Å². The highest BCUT2D eigenvalue weighted by atomic mass is 16.7. The lowest BCUT2D eigenvalue weighted by molar-refractivity contribution is -0.332. The molecule has 2 rings (SSSR count). The first kappa shape index (κ1) is 59.9. The first-order chi connectivity index (χ1) is 32.0. The minimum absolute atomic E-state index is 0.131. The van der Waals surface area contributed by atoms with Crippen molar-refractivity contribution in [1.82, 2.24) is 0 Å². The summed E-state index contributed by atoms with van der Waals surface area (Å²) in [7, 11) is 0. The Labute approximate surface area is 395 Å². The number of aliphatic hydroxyl groups is 7. The molecular weight excluding hydrogens is 853 g/mol. The summed E-state index contributed by atoms with van der Waals surface area (Å²) in [6, 6.07) is 0. The lowest BCUT2D eigenvalue weighted by atomic mass is 9.98. The van der Waals surface area contributed by atoms with Crippen LogP contribution in [0.5, 0.6) is 0 Å². The number of aliphatic hydroxyl groups excluding tert-OH is 7. The van der Waals surface area contributed by atoms with Crippen LogP contribution in [0.2, 0.25) is 0 Å². The van der Waals surface area contributed by atoms with Gasteiger partial charge in [-0.25, -0.2) is 0 Å². The van der Waals surface area contributed by atoms with E-state index in [1.807, 2.05) is 6.08 Å². The summed E-state index contributed by atoms with van der Waals surface area (Å²) in [4.78, 5) is 25.7. The summed E-state index contributed by atoms with van der Waals surface area (Å²) in [6.45, 7) is 2.52. The second-order valence-corrected chi connectivity index (χ2v) is 18.1. The van der Waals surface area contributed by atoms with Crippen molar-refractivity contribution in [3.05, 3.63) is 30.0 Å². The van der Waals surface area contributed by atoms with Crippen LogP contribution < -0.4 is 0 Å². The maximum atomic E-state index is 13.0. The SMILES string of the molecule is CCCCCCCC=C=CCCCCCCCC(=O)O[C@H](COC(=O)CC/C=C/CCCCCCCCCCCCC)CO[C@@H]1O[C@H](CO[C@@H]2O[C@H](CO)[C@H](O)C(O)C2O)[C@H](O)C(O)C1O. The van der Waals surface area contributed by atoms with Gasteiger partial charge in [0.25, 0.3) is 0 Å². The van der Waals surface area contributed by atoms with Gasteiger partial charge < -0.3 is 64.2 Å². The number of carbonyl (C=O) groups excluding carboxylic acids is 2. The molecule has 66 heavy (non-hydrogen) atoms. The fraction of sp³-hybridized carbons (Fsp3) is 0.863. The molecule has 0 spiro atoms. The Morgan fingerprint density at radius 2 is 0.985 bits per heavy atom. The molecule has 0 aromatic carbocycles. The fourth-order valence-electron chi connectivity index (χ4n) is 7.92. The van der Waals surface area contributed by atoms with Crippen LogP contribution in [0.1, 0.15) is 187 Å². The molecule has 15 heteroatoms. The lowest BCUT2D eigenvalue weighted by Gasteiger charge is -2.42. The van der Waals surface area contributed by atoms with Gasteiger partial charge in [-0.2, -0.15) is 0 Å². The zero-order chi connectivity index (χ0) is 48.2. The Bertz CT molecular complexity index is 1310. The Hall–Kier alpha value is -2.24. The molecular formula is C51H90O15. The fourth-order valence-corrected chi connectivity index (χ4v) is 7.92. The van der Waals surface area contributed by atoms with Gasteiger partial charge in [0.15, 0.2) is 18.7 Å². The molecule has 15 nitrogen and oxygen atoms in total. The van der Waals surface area contributed by atoms with E-state index in [0.29, 0.717) is 12.8 Å². The maximum Gasteiger partial charge on any atom is 0.306 e. The molecule has 0 amide bonds. The Morgan fingerprint density at radius 3 is 1.55 bits per heavy atom. The van der Waals surface area contributed by atoms with Crippen molar-refractivity contribution in [3.63, 3.8) is 0 Å². The number of esters is 2. The largest absolute Gasteiger partial charge is 0.462 e. The second-order valence-electron chi connectivity index (χ2n) is 18.1.